The molecule has 0 spiro atoms. The monoisotopic (exact) mass is 463 g/mol. The molecule has 158 valence electrons. The summed E-state index contributed by atoms with van der Waals surface area (Å²) in [5.41, 5.74) is 1.98. The topological polar surface area (TPSA) is 97.4 Å². The third-order valence-corrected chi connectivity index (χ3v) is 5.84. The van der Waals surface area contributed by atoms with Crippen LogP contribution in [0.5, 0.6) is 0 Å². The van der Waals surface area contributed by atoms with Gasteiger partial charge in [0.15, 0.2) is 16.7 Å². The zero-order chi connectivity index (χ0) is 22.1. The lowest BCUT2D eigenvalue weighted by molar-refractivity contribution is 0.0989. The zero-order valence-electron chi connectivity index (χ0n) is 16.3. The molecule has 2 amide bonds. The van der Waals surface area contributed by atoms with Crippen LogP contribution in [0.2, 0.25) is 5.02 Å². The van der Waals surface area contributed by atoms with Crippen LogP contribution in [-0.2, 0) is 0 Å². The highest BCUT2D eigenvalue weighted by Gasteiger charge is 2.16. The maximum Gasteiger partial charge on any atom is 0.293 e. The fraction of sp³-hybridized carbons (Fsp3) is 0. The summed E-state index contributed by atoms with van der Waals surface area (Å²) in [5, 5.41) is 6.49. The van der Waals surface area contributed by atoms with Gasteiger partial charge < -0.3 is 14.2 Å². The highest BCUT2D eigenvalue weighted by atomic mass is 35.5. The molecule has 0 fully saturated rings. The van der Waals surface area contributed by atoms with Gasteiger partial charge in [0.1, 0.15) is 5.76 Å². The van der Waals surface area contributed by atoms with Crippen LogP contribution >= 0.6 is 22.9 Å². The first kappa shape index (κ1) is 20.0. The Bertz CT molecular complexity index is 1440. The lowest BCUT2D eigenvalue weighted by atomic mass is 10.2. The van der Waals surface area contributed by atoms with E-state index >= 15 is 0 Å². The Labute approximate surface area is 190 Å². The molecular formula is C23H14ClN3O4S. The van der Waals surface area contributed by atoms with Crippen LogP contribution in [0.1, 0.15) is 21.1 Å². The SMILES string of the molecule is O=C(Nc1nc2ccc(NC(=O)c3ccc(-c4ccccc4Cl)o3)cc2s1)c1ccco1. The molecule has 7 nitrogen and oxygen atoms in total. The molecule has 2 aromatic carbocycles. The van der Waals surface area contributed by atoms with Crippen LogP contribution < -0.4 is 10.6 Å². The normalized spacial score (nSPS) is 10.9. The van der Waals surface area contributed by atoms with Crippen molar-refractivity contribution in [2.24, 2.45) is 0 Å². The predicted molar refractivity (Wildman–Crippen MR) is 123 cm³/mol. The molecule has 32 heavy (non-hydrogen) atoms. The summed E-state index contributed by atoms with van der Waals surface area (Å²) >= 11 is 7.49. The van der Waals surface area contributed by atoms with E-state index in [0.717, 1.165) is 4.70 Å². The third kappa shape index (κ3) is 4.01. The smallest absolute Gasteiger partial charge is 0.293 e. The third-order valence-electron chi connectivity index (χ3n) is 4.58. The summed E-state index contributed by atoms with van der Waals surface area (Å²) in [6.07, 6.45) is 1.43. The van der Waals surface area contributed by atoms with Crippen molar-refractivity contribution in [2.75, 3.05) is 10.6 Å². The summed E-state index contributed by atoms with van der Waals surface area (Å²) < 4.78 is 11.6. The van der Waals surface area contributed by atoms with Gasteiger partial charge in [0, 0.05) is 11.3 Å². The Kier molecular flexibility index (Phi) is 5.22. The number of hydrogen-bond donors (Lipinski definition) is 2. The molecule has 5 rings (SSSR count). The van der Waals surface area contributed by atoms with Crippen LogP contribution in [0.3, 0.4) is 0 Å². The molecule has 0 aliphatic heterocycles. The fourth-order valence-corrected chi connectivity index (χ4v) is 4.21. The number of halogens is 1. The van der Waals surface area contributed by atoms with Crippen LogP contribution in [0.4, 0.5) is 10.8 Å². The van der Waals surface area contributed by atoms with E-state index in [9.17, 15) is 9.59 Å². The van der Waals surface area contributed by atoms with Gasteiger partial charge in [-0.25, -0.2) is 4.98 Å². The zero-order valence-corrected chi connectivity index (χ0v) is 17.9. The first-order valence-corrected chi connectivity index (χ1v) is 10.7. The number of rotatable bonds is 5. The van der Waals surface area contributed by atoms with Gasteiger partial charge in [-0.05, 0) is 54.6 Å². The lowest BCUT2D eigenvalue weighted by Gasteiger charge is -2.03. The Balaban J connectivity index is 1.31. The summed E-state index contributed by atoms with van der Waals surface area (Å²) in [6, 6.07) is 19.0. The summed E-state index contributed by atoms with van der Waals surface area (Å²) in [4.78, 5) is 29.2. The molecule has 0 unspecified atom stereocenters. The molecular weight excluding hydrogens is 450 g/mol. The van der Waals surface area contributed by atoms with Crippen LogP contribution in [-0.4, -0.2) is 16.8 Å². The highest BCUT2D eigenvalue weighted by molar-refractivity contribution is 7.22. The van der Waals surface area contributed by atoms with Gasteiger partial charge in [-0.3, -0.25) is 14.9 Å². The first-order chi connectivity index (χ1) is 15.6. The van der Waals surface area contributed by atoms with Crippen molar-refractivity contribution in [3.8, 4) is 11.3 Å². The van der Waals surface area contributed by atoms with E-state index in [1.165, 1.54) is 17.6 Å². The van der Waals surface area contributed by atoms with E-state index in [1.54, 1.807) is 48.5 Å². The number of fused-ring (bicyclic) bond motifs is 1. The second-order valence-electron chi connectivity index (χ2n) is 6.73. The van der Waals surface area contributed by atoms with Gasteiger partial charge in [0.25, 0.3) is 11.8 Å². The number of hydrogen-bond acceptors (Lipinski definition) is 6. The molecule has 3 heterocycles. The first-order valence-electron chi connectivity index (χ1n) is 9.48. The highest BCUT2D eigenvalue weighted by Crippen LogP contribution is 2.31. The number of furan rings is 2. The van der Waals surface area contributed by atoms with Crippen molar-refractivity contribution >= 4 is 55.8 Å². The molecule has 0 radical (unpaired) electrons. The minimum Gasteiger partial charge on any atom is -0.459 e. The quantitative estimate of drug-likeness (QED) is 0.318. The maximum atomic E-state index is 12.6. The van der Waals surface area contributed by atoms with Crippen molar-refractivity contribution in [3.63, 3.8) is 0 Å². The summed E-state index contributed by atoms with van der Waals surface area (Å²) in [5.74, 6) is 0.103. The van der Waals surface area contributed by atoms with Crippen molar-refractivity contribution in [3.05, 3.63) is 89.5 Å². The summed E-state index contributed by atoms with van der Waals surface area (Å²) in [7, 11) is 0. The van der Waals surface area contributed by atoms with E-state index < -0.39 is 5.91 Å². The van der Waals surface area contributed by atoms with Gasteiger partial charge in [-0.2, -0.15) is 0 Å². The predicted octanol–water partition coefficient (Wildman–Crippen LogP) is 6.31. The number of benzene rings is 2. The number of nitrogens with one attached hydrogen (secondary N) is 2. The number of thiazole rings is 1. The van der Waals surface area contributed by atoms with E-state index in [-0.39, 0.29) is 17.4 Å². The van der Waals surface area contributed by atoms with Crippen LogP contribution in [0.15, 0.2) is 81.8 Å². The molecule has 0 saturated heterocycles. The van der Waals surface area contributed by atoms with Gasteiger partial charge >= 0.3 is 0 Å². The average Bonchev–Trinajstić information content (AvgIpc) is 3.54. The minimum atomic E-state index is -0.390. The van der Waals surface area contributed by atoms with Crippen molar-refractivity contribution < 1.29 is 18.4 Å². The molecule has 9 heteroatoms. The Hall–Kier alpha value is -3.88. The number of nitrogens with zero attached hydrogens (tertiary/aromatic N) is 1. The molecule has 3 aromatic heterocycles. The number of anilines is 2. The van der Waals surface area contributed by atoms with E-state index in [1.807, 2.05) is 18.2 Å². The number of amides is 2. The average molecular weight is 464 g/mol. The second kappa shape index (κ2) is 8.33. The van der Waals surface area contributed by atoms with E-state index in [4.69, 9.17) is 20.4 Å². The fourth-order valence-electron chi connectivity index (χ4n) is 3.08. The molecule has 2 N–H and O–H groups in total. The minimum absolute atomic E-state index is 0.163. The Morgan fingerprint density at radius 2 is 1.75 bits per heavy atom. The number of carbonyl (C=O) groups excluding carboxylic acids is 2. The molecule has 0 atom stereocenters. The number of carbonyl (C=O) groups is 2. The van der Waals surface area contributed by atoms with Crippen molar-refractivity contribution in [2.45, 2.75) is 0 Å². The van der Waals surface area contributed by atoms with Crippen molar-refractivity contribution in [1.82, 2.24) is 4.98 Å². The Morgan fingerprint density at radius 1 is 0.906 bits per heavy atom. The Morgan fingerprint density at radius 3 is 2.56 bits per heavy atom. The largest absolute Gasteiger partial charge is 0.459 e. The molecule has 0 aliphatic rings. The second-order valence-corrected chi connectivity index (χ2v) is 8.17. The van der Waals surface area contributed by atoms with Crippen LogP contribution in [0, 0.1) is 0 Å². The van der Waals surface area contributed by atoms with Gasteiger partial charge in [0.05, 0.1) is 21.5 Å². The molecule has 0 aliphatic carbocycles. The van der Waals surface area contributed by atoms with E-state index in [2.05, 4.69) is 15.6 Å². The molecule has 0 saturated carbocycles. The standard InChI is InChI=1S/C23H14ClN3O4S/c24-15-5-2-1-4-14(15)17-9-10-19(31-17)22(29)25-13-7-8-16-20(12-13)32-23(26-16)27-21(28)18-6-3-11-30-18/h1-12H,(H,25,29)(H,26,27,28). The maximum absolute atomic E-state index is 12.6. The van der Waals surface area contributed by atoms with Crippen molar-refractivity contribution in [1.29, 1.82) is 0 Å². The summed E-state index contributed by atoms with van der Waals surface area (Å²) in [6.45, 7) is 0. The molecule has 5 aromatic rings. The lowest BCUT2D eigenvalue weighted by Crippen LogP contribution is -2.10. The number of aromatic nitrogens is 1. The van der Waals surface area contributed by atoms with E-state index in [0.29, 0.717) is 32.7 Å². The van der Waals surface area contributed by atoms with Gasteiger partial charge in [-0.15, -0.1) is 0 Å². The molecule has 0 bridgehead atoms. The van der Waals surface area contributed by atoms with Gasteiger partial charge in [0.2, 0.25) is 0 Å². The van der Waals surface area contributed by atoms with Crippen LogP contribution in [0.25, 0.3) is 21.5 Å². The van der Waals surface area contributed by atoms with Gasteiger partial charge in [-0.1, -0.05) is 35.1 Å².